The van der Waals surface area contributed by atoms with Crippen molar-refractivity contribution < 1.29 is 14.3 Å². The van der Waals surface area contributed by atoms with Crippen LogP contribution in [0.3, 0.4) is 0 Å². The normalized spacial score (nSPS) is 15.1. The molecular formula is C24H24N2O3. The Hall–Kier alpha value is -3.34. The standard InChI is InChI=1S/C24H24N2O3/c1-28-24(27)21-9-11-25-16-22(21)26-15-19-10-12-29-23-14-18(7-8-20(19)23)13-17-5-3-2-4-6-17/h2-9,11,14,16,19,26H,10,12-13,15H2,1H3/t19-/m0/s1. The van der Waals surface area contributed by atoms with E-state index in [1.165, 1.54) is 23.8 Å². The fraction of sp³-hybridized carbons (Fsp3) is 0.250. The van der Waals surface area contributed by atoms with Gasteiger partial charge < -0.3 is 14.8 Å². The van der Waals surface area contributed by atoms with Gasteiger partial charge in [0.25, 0.3) is 0 Å². The van der Waals surface area contributed by atoms with E-state index in [-0.39, 0.29) is 5.97 Å². The van der Waals surface area contributed by atoms with Gasteiger partial charge in [0.1, 0.15) is 5.75 Å². The van der Waals surface area contributed by atoms with Crippen LogP contribution in [-0.4, -0.2) is 31.2 Å². The van der Waals surface area contributed by atoms with Crippen molar-refractivity contribution in [2.75, 3.05) is 25.6 Å². The molecule has 0 aliphatic carbocycles. The van der Waals surface area contributed by atoms with Crippen LogP contribution >= 0.6 is 0 Å². The summed E-state index contributed by atoms with van der Waals surface area (Å²) in [5.41, 5.74) is 4.90. The monoisotopic (exact) mass is 388 g/mol. The van der Waals surface area contributed by atoms with Gasteiger partial charge in [0, 0.05) is 18.7 Å². The number of hydrogen-bond acceptors (Lipinski definition) is 5. The first kappa shape index (κ1) is 19.0. The van der Waals surface area contributed by atoms with Crippen LogP contribution in [0.1, 0.15) is 39.4 Å². The molecule has 1 aliphatic rings. The Morgan fingerprint density at radius 2 is 2.03 bits per heavy atom. The number of pyridine rings is 1. The zero-order valence-corrected chi connectivity index (χ0v) is 16.4. The van der Waals surface area contributed by atoms with E-state index in [0.29, 0.717) is 30.3 Å². The van der Waals surface area contributed by atoms with E-state index >= 15 is 0 Å². The van der Waals surface area contributed by atoms with Crippen molar-refractivity contribution in [1.29, 1.82) is 0 Å². The van der Waals surface area contributed by atoms with Crippen LogP contribution in [0.25, 0.3) is 0 Å². The summed E-state index contributed by atoms with van der Waals surface area (Å²) in [6, 6.07) is 18.6. The molecule has 0 fully saturated rings. The van der Waals surface area contributed by atoms with Crippen LogP contribution in [0, 0.1) is 0 Å². The van der Waals surface area contributed by atoms with E-state index in [0.717, 1.165) is 18.6 Å². The molecule has 5 nitrogen and oxygen atoms in total. The molecule has 1 atom stereocenters. The lowest BCUT2D eigenvalue weighted by molar-refractivity contribution is 0.0601. The third kappa shape index (κ3) is 4.40. The van der Waals surface area contributed by atoms with Crippen LogP contribution in [0.2, 0.25) is 0 Å². The summed E-state index contributed by atoms with van der Waals surface area (Å²) in [4.78, 5) is 16.1. The Labute approximate surface area is 170 Å². The highest BCUT2D eigenvalue weighted by atomic mass is 16.5. The Kier molecular flexibility index (Phi) is 5.75. The third-order valence-corrected chi connectivity index (χ3v) is 5.26. The Morgan fingerprint density at radius 1 is 1.17 bits per heavy atom. The molecule has 1 aromatic heterocycles. The molecule has 2 heterocycles. The van der Waals surface area contributed by atoms with Crippen LogP contribution in [0.4, 0.5) is 5.69 Å². The molecule has 1 N–H and O–H groups in total. The molecule has 4 rings (SSSR count). The van der Waals surface area contributed by atoms with Crippen molar-refractivity contribution in [2.24, 2.45) is 0 Å². The number of esters is 1. The maximum absolute atomic E-state index is 12.0. The largest absolute Gasteiger partial charge is 0.493 e. The van der Waals surface area contributed by atoms with E-state index in [2.05, 4.69) is 52.8 Å². The summed E-state index contributed by atoms with van der Waals surface area (Å²) in [6.45, 7) is 1.38. The summed E-state index contributed by atoms with van der Waals surface area (Å²) in [6.07, 6.45) is 5.06. The number of nitrogens with one attached hydrogen (secondary N) is 1. The van der Waals surface area contributed by atoms with Gasteiger partial charge in [-0.05, 0) is 41.7 Å². The van der Waals surface area contributed by atoms with E-state index in [1.807, 2.05) is 6.07 Å². The van der Waals surface area contributed by atoms with Crippen LogP contribution < -0.4 is 10.1 Å². The number of anilines is 1. The highest BCUT2D eigenvalue weighted by Crippen LogP contribution is 2.35. The second-order valence-electron chi connectivity index (χ2n) is 7.16. The minimum Gasteiger partial charge on any atom is -0.493 e. The maximum Gasteiger partial charge on any atom is 0.340 e. The topological polar surface area (TPSA) is 60.5 Å². The molecule has 2 aromatic carbocycles. The Morgan fingerprint density at radius 3 is 2.86 bits per heavy atom. The highest BCUT2D eigenvalue weighted by Gasteiger charge is 2.22. The van der Waals surface area contributed by atoms with Gasteiger partial charge in [0.2, 0.25) is 0 Å². The molecule has 0 spiro atoms. The quantitative estimate of drug-likeness (QED) is 0.633. The molecule has 0 bridgehead atoms. The smallest absolute Gasteiger partial charge is 0.340 e. The lowest BCUT2D eigenvalue weighted by atomic mass is 9.91. The molecule has 0 radical (unpaired) electrons. The highest BCUT2D eigenvalue weighted by molar-refractivity contribution is 5.95. The molecule has 0 unspecified atom stereocenters. The van der Waals surface area contributed by atoms with E-state index < -0.39 is 0 Å². The summed E-state index contributed by atoms with van der Waals surface area (Å²) < 4.78 is 10.8. The van der Waals surface area contributed by atoms with E-state index in [9.17, 15) is 4.79 Å². The number of carbonyl (C=O) groups excluding carboxylic acids is 1. The first-order valence-corrected chi connectivity index (χ1v) is 9.80. The van der Waals surface area contributed by atoms with Gasteiger partial charge in [-0.15, -0.1) is 0 Å². The average Bonchev–Trinajstić information content (AvgIpc) is 2.78. The van der Waals surface area contributed by atoms with Crippen molar-refractivity contribution in [2.45, 2.75) is 18.8 Å². The zero-order valence-electron chi connectivity index (χ0n) is 16.4. The minimum absolute atomic E-state index is 0.301. The number of methoxy groups -OCH3 is 1. The third-order valence-electron chi connectivity index (χ3n) is 5.26. The van der Waals surface area contributed by atoms with E-state index in [4.69, 9.17) is 9.47 Å². The fourth-order valence-electron chi connectivity index (χ4n) is 3.72. The number of nitrogens with zero attached hydrogens (tertiary/aromatic N) is 1. The second kappa shape index (κ2) is 8.78. The van der Waals surface area contributed by atoms with Crippen molar-refractivity contribution in [3.8, 4) is 5.75 Å². The molecule has 0 saturated carbocycles. The number of aromatic nitrogens is 1. The van der Waals surface area contributed by atoms with Crippen LogP contribution in [0.15, 0.2) is 67.0 Å². The number of carbonyl (C=O) groups is 1. The Bertz CT molecular complexity index is 988. The number of ether oxygens (including phenoxy) is 2. The SMILES string of the molecule is COC(=O)c1ccncc1NC[C@@H]1CCOc2cc(Cc3ccccc3)ccc21. The average molecular weight is 388 g/mol. The van der Waals surface area contributed by atoms with Gasteiger partial charge in [-0.3, -0.25) is 4.98 Å². The lowest BCUT2D eigenvalue weighted by Gasteiger charge is -2.27. The summed E-state index contributed by atoms with van der Waals surface area (Å²) in [5, 5.41) is 3.37. The minimum atomic E-state index is -0.368. The van der Waals surface area contributed by atoms with Gasteiger partial charge in [-0.1, -0.05) is 42.5 Å². The Balaban J connectivity index is 1.48. The molecule has 29 heavy (non-hydrogen) atoms. The van der Waals surface area contributed by atoms with Gasteiger partial charge >= 0.3 is 5.97 Å². The first-order chi connectivity index (χ1) is 14.2. The summed E-state index contributed by atoms with van der Waals surface area (Å²) in [5.74, 6) is 0.888. The van der Waals surface area contributed by atoms with Crippen LogP contribution in [-0.2, 0) is 11.2 Å². The van der Waals surface area contributed by atoms with Gasteiger partial charge in [-0.2, -0.15) is 0 Å². The predicted octanol–water partition coefficient (Wildman–Crippen LogP) is 4.44. The van der Waals surface area contributed by atoms with Crippen molar-refractivity contribution in [3.63, 3.8) is 0 Å². The number of benzene rings is 2. The summed E-state index contributed by atoms with van der Waals surface area (Å²) >= 11 is 0. The fourth-order valence-corrected chi connectivity index (χ4v) is 3.72. The molecular weight excluding hydrogens is 364 g/mol. The lowest BCUT2D eigenvalue weighted by Crippen LogP contribution is -2.22. The number of fused-ring (bicyclic) bond motifs is 1. The summed E-state index contributed by atoms with van der Waals surface area (Å²) in [7, 11) is 1.38. The van der Waals surface area contributed by atoms with Crippen molar-refractivity contribution >= 4 is 11.7 Å². The molecule has 0 amide bonds. The van der Waals surface area contributed by atoms with Gasteiger partial charge in [0.05, 0.1) is 31.2 Å². The number of hydrogen-bond donors (Lipinski definition) is 1. The molecule has 0 saturated heterocycles. The molecule has 148 valence electrons. The zero-order chi connectivity index (χ0) is 20.1. The predicted molar refractivity (Wildman–Crippen MR) is 113 cm³/mol. The number of rotatable bonds is 6. The van der Waals surface area contributed by atoms with Gasteiger partial charge in [0.15, 0.2) is 0 Å². The maximum atomic E-state index is 12.0. The van der Waals surface area contributed by atoms with Gasteiger partial charge in [-0.25, -0.2) is 4.79 Å². The van der Waals surface area contributed by atoms with Crippen molar-refractivity contribution in [3.05, 3.63) is 89.2 Å². The molecule has 1 aliphatic heterocycles. The van der Waals surface area contributed by atoms with E-state index in [1.54, 1.807) is 18.5 Å². The first-order valence-electron chi connectivity index (χ1n) is 9.80. The molecule has 5 heteroatoms. The molecule has 3 aromatic rings. The van der Waals surface area contributed by atoms with Crippen LogP contribution in [0.5, 0.6) is 5.75 Å². The second-order valence-corrected chi connectivity index (χ2v) is 7.16. The van der Waals surface area contributed by atoms with Crippen molar-refractivity contribution in [1.82, 2.24) is 4.98 Å².